The van der Waals surface area contributed by atoms with E-state index >= 15 is 0 Å². The van der Waals surface area contributed by atoms with Gasteiger partial charge in [-0.1, -0.05) is 13.8 Å². The first-order chi connectivity index (χ1) is 4.13. The summed E-state index contributed by atoms with van der Waals surface area (Å²) in [5.74, 6) is 1.27. The third-order valence-corrected chi connectivity index (χ3v) is 2.01. The molecule has 0 saturated heterocycles. The van der Waals surface area contributed by atoms with E-state index in [0.29, 0.717) is 11.0 Å². The minimum absolute atomic E-state index is 0.295. The van der Waals surface area contributed by atoms with Crippen LogP contribution in [-0.2, 0) is 4.79 Å². The van der Waals surface area contributed by atoms with E-state index in [4.69, 9.17) is 0 Å². The molecule has 0 saturated carbocycles. The van der Waals surface area contributed by atoms with Crippen LogP contribution in [0.5, 0.6) is 0 Å². The summed E-state index contributed by atoms with van der Waals surface area (Å²) in [4.78, 5) is 10.4. The summed E-state index contributed by atoms with van der Waals surface area (Å²) in [5, 5.41) is 0.657. The molecule has 0 N–H and O–H groups in total. The standard InChI is InChI=1S/C7H14OS/c1-6(2)9-5-4-7(3)8/h6H,4-5H2,1-3H3. The zero-order chi connectivity index (χ0) is 7.28. The number of ketones is 1. The Morgan fingerprint density at radius 2 is 2.11 bits per heavy atom. The zero-order valence-corrected chi connectivity index (χ0v) is 7.12. The molecule has 0 amide bonds. The fourth-order valence-electron chi connectivity index (χ4n) is 0.438. The van der Waals surface area contributed by atoms with Crippen LogP contribution in [0.4, 0.5) is 0 Å². The zero-order valence-electron chi connectivity index (χ0n) is 6.31. The summed E-state index contributed by atoms with van der Waals surface area (Å²) in [6.07, 6.45) is 0.725. The van der Waals surface area contributed by atoms with Crippen LogP contribution in [0.25, 0.3) is 0 Å². The molecular weight excluding hydrogens is 132 g/mol. The highest BCUT2D eigenvalue weighted by Crippen LogP contribution is 2.09. The molecule has 0 radical (unpaired) electrons. The predicted octanol–water partition coefficient (Wildman–Crippen LogP) is 2.11. The number of carbonyl (C=O) groups is 1. The minimum atomic E-state index is 0.295. The van der Waals surface area contributed by atoms with Crippen molar-refractivity contribution in [3.05, 3.63) is 0 Å². The molecule has 0 aliphatic carbocycles. The van der Waals surface area contributed by atoms with Crippen molar-refractivity contribution >= 4 is 17.5 Å². The SMILES string of the molecule is CC(=O)CCSC(C)C. The van der Waals surface area contributed by atoms with Gasteiger partial charge in [0, 0.05) is 12.2 Å². The van der Waals surface area contributed by atoms with E-state index in [-0.39, 0.29) is 0 Å². The van der Waals surface area contributed by atoms with E-state index in [2.05, 4.69) is 13.8 Å². The molecule has 0 aliphatic heterocycles. The summed E-state index contributed by atoms with van der Waals surface area (Å²) in [5.41, 5.74) is 0. The Kier molecular flexibility index (Phi) is 4.87. The van der Waals surface area contributed by atoms with E-state index in [1.165, 1.54) is 0 Å². The van der Waals surface area contributed by atoms with Crippen LogP contribution < -0.4 is 0 Å². The maximum Gasteiger partial charge on any atom is 0.130 e. The fraction of sp³-hybridized carbons (Fsp3) is 0.857. The lowest BCUT2D eigenvalue weighted by Crippen LogP contribution is -1.95. The largest absolute Gasteiger partial charge is 0.300 e. The fourth-order valence-corrected chi connectivity index (χ4v) is 1.32. The van der Waals surface area contributed by atoms with Gasteiger partial charge in [-0.15, -0.1) is 0 Å². The third kappa shape index (κ3) is 8.02. The molecular formula is C7H14OS. The molecule has 0 atom stereocenters. The van der Waals surface area contributed by atoms with Crippen LogP contribution in [-0.4, -0.2) is 16.8 Å². The first kappa shape index (κ1) is 9.02. The molecule has 2 heteroatoms. The Labute approximate surface area is 61.2 Å². The van der Waals surface area contributed by atoms with Crippen molar-refractivity contribution in [3.8, 4) is 0 Å². The lowest BCUT2D eigenvalue weighted by atomic mass is 10.4. The van der Waals surface area contributed by atoms with Gasteiger partial charge in [-0.2, -0.15) is 11.8 Å². The molecule has 54 valence electrons. The Balaban J connectivity index is 3.01. The first-order valence-electron chi connectivity index (χ1n) is 3.24. The van der Waals surface area contributed by atoms with E-state index in [9.17, 15) is 4.79 Å². The van der Waals surface area contributed by atoms with Gasteiger partial charge < -0.3 is 0 Å². The molecule has 0 fully saturated rings. The monoisotopic (exact) mass is 146 g/mol. The molecule has 0 aromatic carbocycles. The quantitative estimate of drug-likeness (QED) is 0.604. The topological polar surface area (TPSA) is 17.1 Å². The molecule has 0 aliphatic rings. The average Bonchev–Trinajstić information content (AvgIpc) is 1.63. The Morgan fingerprint density at radius 3 is 2.44 bits per heavy atom. The molecule has 0 aromatic rings. The molecule has 0 bridgehead atoms. The minimum Gasteiger partial charge on any atom is -0.300 e. The normalized spacial score (nSPS) is 10.2. The number of carbonyl (C=O) groups excluding carboxylic acids is 1. The van der Waals surface area contributed by atoms with Gasteiger partial charge in [0.2, 0.25) is 0 Å². The summed E-state index contributed by atoms with van der Waals surface area (Å²) in [6, 6.07) is 0. The summed E-state index contributed by atoms with van der Waals surface area (Å²) >= 11 is 1.84. The van der Waals surface area contributed by atoms with Crippen molar-refractivity contribution < 1.29 is 4.79 Å². The predicted molar refractivity (Wildman–Crippen MR) is 42.9 cm³/mol. The van der Waals surface area contributed by atoms with Crippen molar-refractivity contribution in [3.63, 3.8) is 0 Å². The van der Waals surface area contributed by atoms with Crippen LogP contribution in [0, 0.1) is 0 Å². The van der Waals surface area contributed by atoms with E-state index in [0.717, 1.165) is 12.2 Å². The molecule has 0 aromatic heterocycles. The first-order valence-corrected chi connectivity index (χ1v) is 4.29. The molecule has 1 nitrogen and oxygen atoms in total. The molecule has 0 rings (SSSR count). The highest BCUT2D eigenvalue weighted by atomic mass is 32.2. The molecule has 9 heavy (non-hydrogen) atoms. The van der Waals surface area contributed by atoms with Crippen LogP contribution in [0.2, 0.25) is 0 Å². The number of hydrogen-bond acceptors (Lipinski definition) is 2. The van der Waals surface area contributed by atoms with Crippen molar-refractivity contribution in [2.24, 2.45) is 0 Å². The van der Waals surface area contributed by atoms with Crippen LogP contribution in [0.1, 0.15) is 27.2 Å². The maximum absolute atomic E-state index is 10.4. The van der Waals surface area contributed by atoms with Crippen molar-refractivity contribution in [2.45, 2.75) is 32.4 Å². The van der Waals surface area contributed by atoms with Crippen LogP contribution in [0.15, 0.2) is 0 Å². The van der Waals surface area contributed by atoms with E-state index < -0.39 is 0 Å². The molecule has 0 unspecified atom stereocenters. The summed E-state index contributed by atoms with van der Waals surface area (Å²) in [6.45, 7) is 5.93. The molecule has 0 heterocycles. The van der Waals surface area contributed by atoms with Gasteiger partial charge in [0.05, 0.1) is 0 Å². The summed E-state index contributed by atoms with van der Waals surface area (Å²) < 4.78 is 0. The number of hydrogen-bond donors (Lipinski definition) is 0. The van der Waals surface area contributed by atoms with Gasteiger partial charge in [0.15, 0.2) is 0 Å². The molecule has 0 spiro atoms. The Bertz CT molecular complexity index is 88.9. The van der Waals surface area contributed by atoms with E-state index in [1.54, 1.807) is 6.92 Å². The lowest BCUT2D eigenvalue weighted by Gasteiger charge is -2.00. The number of thioether (sulfide) groups is 1. The van der Waals surface area contributed by atoms with Gasteiger partial charge in [-0.3, -0.25) is 4.79 Å². The highest BCUT2D eigenvalue weighted by molar-refractivity contribution is 7.99. The van der Waals surface area contributed by atoms with Gasteiger partial charge >= 0.3 is 0 Å². The average molecular weight is 146 g/mol. The smallest absolute Gasteiger partial charge is 0.130 e. The Hall–Kier alpha value is 0.0200. The lowest BCUT2D eigenvalue weighted by molar-refractivity contribution is -0.116. The second-order valence-corrected chi connectivity index (χ2v) is 4.06. The number of Topliss-reactive ketones (excluding diaryl/α,β-unsaturated/α-hetero) is 1. The second kappa shape index (κ2) is 4.86. The second-order valence-electron chi connectivity index (χ2n) is 2.37. The Morgan fingerprint density at radius 1 is 1.56 bits per heavy atom. The van der Waals surface area contributed by atoms with Gasteiger partial charge in [-0.25, -0.2) is 0 Å². The number of rotatable bonds is 4. The van der Waals surface area contributed by atoms with Gasteiger partial charge in [-0.05, 0) is 12.2 Å². The highest BCUT2D eigenvalue weighted by Gasteiger charge is 1.95. The van der Waals surface area contributed by atoms with Crippen molar-refractivity contribution in [2.75, 3.05) is 5.75 Å². The summed E-state index contributed by atoms with van der Waals surface area (Å²) in [7, 11) is 0. The van der Waals surface area contributed by atoms with Crippen molar-refractivity contribution in [1.82, 2.24) is 0 Å². The third-order valence-electron chi connectivity index (χ3n) is 0.905. The maximum atomic E-state index is 10.4. The van der Waals surface area contributed by atoms with E-state index in [1.807, 2.05) is 11.8 Å². The van der Waals surface area contributed by atoms with Crippen LogP contribution in [0.3, 0.4) is 0 Å². The van der Waals surface area contributed by atoms with Gasteiger partial charge in [0.25, 0.3) is 0 Å². The van der Waals surface area contributed by atoms with Crippen molar-refractivity contribution in [1.29, 1.82) is 0 Å². The van der Waals surface area contributed by atoms with Gasteiger partial charge in [0.1, 0.15) is 5.78 Å². The van der Waals surface area contributed by atoms with Crippen LogP contribution >= 0.6 is 11.8 Å².